The number of amides is 1. The van der Waals surface area contributed by atoms with E-state index in [4.69, 9.17) is 27.9 Å². The first kappa shape index (κ1) is 28.9. The Hall–Kier alpha value is -3.07. The number of sulfonamides is 1. The van der Waals surface area contributed by atoms with E-state index in [9.17, 15) is 13.2 Å². The van der Waals surface area contributed by atoms with Gasteiger partial charge in [0.05, 0.1) is 24.3 Å². The van der Waals surface area contributed by atoms with Gasteiger partial charge in [0, 0.05) is 11.1 Å². The Morgan fingerprint density at radius 1 is 1.10 bits per heavy atom. The van der Waals surface area contributed by atoms with Gasteiger partial charge in [0.2, 0.25) is 0 Å². The molecule has 10 heteroatoms. The molecule has 1 saturated carbocycles. The predicted molar refractivity (Wildman–Crippen MR) is 156 cm³/mol. The van der Waals surface area contributed by atoms with Crippen LogP contribution in [-0.4, -0.2) is 30.5 Å². The standard InChI is InChI=1S/C29H31Cl2N3O4S/c1-21-32-29(31)27(14-15-28(35)33-39(36,37)17-16-22-8-4-2-5-9-22)34(21)19-24-12-13-25(18-26(24)30)38-20-23-10-6-3-7-11-23/h2,4-5,8-9,12-18,23H,3,6-7,10-11,19-20H2,1H3,(H,33,35)/b15-14+,17-16+. The van der Waals surface area contributed by atoms with Crippen molar-refractivity contribution in [3.05, 3.63) is 92.8 Å². The van der Waals surface area contributed by atoms with E-state index in [1.54, 1.807) is 35.8 Å². The van der Waals surface area contributed by atoms with Gasteiger partial charge in [-0.2, -0.15) is 0 Å². The molecule has 1 aliphatic carbocycles. The molecule has 39 heavy (non-hydrogen) atoms. The first-order valence-electron chi connectivity index (χ1n) is 12.8. The molecule has 1 aromatic heterocycles. The normalized spacial score (nSPS) is 14.7. The lowest BCUT2D eigenvalue weighted by molar-refractivity contribution is -0.114. The number of benzene rings is 2. The van der Waals surface area contributed by atoms with Crippen LogP contribution >= 0.6 is 23.2 Å². The van der Waals surface area contributed by atoms with Gasteiger partial charge < -0.3 is 9.30 Å². The molecule has 0 aliphatic heterocycles. The molecule has 206 valence electrons. The van der Waals surface area contributed by atoms with Crippen molar-refractivity contribution in [2.45, 2.75) is 45.6 Å². The van der Waals surface area contributed by atoms with Gasteiger partial charge in [-0.3, -0.25) is 4.79 Å². The number of hydrogen-bond donors (Lipinski definition) is 1. The van der Waals surface area contributed by atoms with E-state index >= 15 is 0 Å². The second-order valence-corrected chi connectivity index (χ2v) is 11.9. The Morgan fingerprint density at radius 2 is 1.85 bits per heavy atom. The molecule has 1 heterocycles. The molecule has 0 bridgehead atoms. The summed E-state index contributed by atoms with van der Waals surface area (Å²) in [6, 6.07) is 14.5. The summed E-state index contributed by atoms with van der Waals surface area (Å²) < 4.78 is 34.4. The maximum atomic E-state index is 12.4. The smallest absolute Gasteiger partial charge is 0.257 e. The van der Waals surface area contributed by atoms with E-state index in [1.807, 2.05) is 29.0 Å². The molecule has 3 aromatic rings. The van der Waals surface area contributed by atoms with Crippen LogP contribution in [-0.2, 0) is 21.4 Å². The number of imidazole rings is 1. The van der Waals surface area contributed by atoms with E-state index in [0.29, 0.717) is 41.2 Å². The number of carbonyl (C=O) groups is 1. The van der Waals surface area contributed by atoms with Crippen molar-refractivity contribution in [3.63, 3.8) is 0 Å². The SMILES string of the molecule is Cc1nc(Cl)c(/C=C/C(=O)NS(=O)(=O)/C=C/c2ccccc2)n1Cc1ccc(OCC2CCCCC2)cc1Cl. The highest BCUT2D eigenvalue weighted by Gasteiger charge is 2.16. The third-order valence-corrected chi connectivity index (χ3v) is 8.20. The van der Waals surface area contributed by atoms with Crippen LogP contribution in [0, 0.1) is 12.8 Å². The average molecular weight is 589 g/mol. The topological polar surface area (TPSA) is 90.3 Å². The molecule has 0 radical (unpaired) electrons. The van der Waals surface area contributed by atoms with Crippen molar-refractivity contribution in [1.82, 2.24) is 14.3 Å². The van der Waals surface area contributed by atoms with Crippen LogP contribution in [0.5, 0.6) is 5.75 Å². The maximum Gasteiger partial charge on any atom is 0.257 e. The minimum Gasteiger partial charge on any atom is -0.493 e. The minimum atomic E-state index is -3.98. The van der Waals surface area contributed by atoms with Gasteiger partial charge in [-0.1, -0.05) is 78.9 Å². The zero-order valence-corrected chi connectivity index (χ0v) is 24.0. The van der Waals surface area contributed by atoms with Crippen molar-refractivity contribution >= 4 is 51.3 Å². The lowest BCUT2D eigenvalue weighted by atomic mass is 9.90. The van der Waals surface area contributed by atoms with Gasteiger partial charge in [0.25, 0.3) is 15.9 Å². The third kappa shape index (κ3) is 8.46. The Balaban J connectivity index is 1.41. The summed E-state index contributed by atoms with van der Waals surface area (Å²) in [5.41, 5.74) is 1.97. The highest BCUT2D eigenvalue weighted by Crippen LogP contribution is 2.28. The minimum absolute atomic E-state index is 0.187. The van der Waals surface area contributed by atoms with Crippen LogP contribution in [0.4, 0.5) is 0 Å². The highest BCUT2D eigenvalue weighted by molar-refractivity contribution is 7.93. The largest absolute Gasteiger partial charge is 0.493 e. The van der Waals surface area contributed by atoms with Gasteiger partial charge in [0.15, 0.2) is 5.15 Å². The molecule has 1 aliphatic rings. The molecule has 0 spiro atoms. The molecule has 0 atom stereocenters. The summed E-state index contributed by atoms with van der Waals surface area (Å²) in [7, 11) is -3.98. The first-order chi connectivity index (χ1) is 18.7. The Morgan fingerprint density at radius 3 is 2.56 bits per heavy atom. The number of halogens is 2. The van der Waals surface area contributed by atoms with Crippen LogP contribution in [0.1, 0.15) is 54.7 Å². The molecule has 0 unspecified atom stereocenters. The fraction of sp³-hybridized carbons (Fsp3) is 0.310. The van der Waals surface area contributed by atoms with E-state index in [0.717, 1.165) is 22.8 Å². The molecule has 1 N–H and O–H groups in total. The average Bonchev–Trinajstić information content (AvgIpc) is 3.18. The molecule has 7 nitrogen and oxygen atoms in total. The molecule has 1 fully saturated rings. The van der Waals surface area contributed by atoms with E-state index < -0.39 is 15.9 Å². The monoisotopic (exact) mass is 587 g/mol. The maximum absolute atomic E-state index is 12.4. The van der Waals surface area contributed by atoms with E-state index in [1.165, 1.54) is 44.3 Å². The summed E-state index contributed by atoms with van der Waals surface area (Å²) in [5, 5.41) is 1.68. The number of hydrogen-bond acceptors (Lipinski definition) is 5. The second-order valence-electron chi connectivity index (χ2n) is 9.55. The van der Waals surface area contributed by atoms with E-state index in [2.05, 4.69) is 4.98 Å². The Kier molecular flexibility index (Phi) is 9.88. The van der Waals surface area contributed by atoms with Gasteiger partial charge >= 0.3 is 0 Å². The number of aryl methyl sites for hydroxylation is 1. The molecular formula is C29H31Cl2N3O4S. The van der Waals surface area contributed by atoms with E-state index in [-0.39, 0.29) is 5.15 Å². The fourth-order valence-corrected chi connectivity index (χ4v) is 5.75. The van der Waals surface area contributed by atoms with Crippen LogP contribution in [0.15, 0.2) is 60.0 Å². The summed E-state index contributed by atoms with van der Waals surface area (Å²) >= 11 is 12.9. The molecule has 0 saturated heterocycles. The van der Waals surface area contributed by atoms with Crippen molar-refractivity contribution < 1.29 is 17.9 Å². The number of nitrogens with zero attached hydrogens (tertiary/aromatic N) is 2. The van der Waals surface area contributed by atoms with Crippen molar-refractivity contribution in [2.24, 2.45) is 5.92 Å². The zero-order valence-electron chi connectivity index (χ0n) is 21.6. The summed E-state index contributed by atoms with van der Waals surface area (Å²) in [6.07, 6.45) is 10.2. The number of nitrogens with one attached hydrogen (secondary N) is 1. The Labute approximate surface area is 239 Å². The van der Waals surface area contributed by atoms with Crippen LogP contribution in [0.3, 0.4) is 0 Å². The molecule has 2 aromatic carbocycles. The number of carbonyl (C=O) groups excluding carboxylic acids is 1. The molecule has 1 amide bonds. The highest BCUT2D eigenvalue weighted by atomic mass is 35.5. The van der Waals surface area contributed by atoms with Gasteiger partial charge in [-0.15, -0.1) is 0 Å². The zero-order chi connectivity index (χ0) is 27.8. The third-order valence-electron chi connectivity index (χ3n) is 6.59. The van der Waals surface area contributed by atoms with Gasteiger partial charge in [-0.05, 0) is 61.1 Å². The van der Waals surface area contributed by atoms with Crippen molar-refractivity contribution in [3.8, 4) is 5.75 Å². The number of aromatic nitrogens is 2. The summed E-state index contributed by atoms with van der Waals surface area (Å²) in [5.74, 6) is 1.13. The van der Waals surface area contributed by atoms with Crippen LogP contribution < -0.4 is 9.46 Å². The lowest BCUT2D eigenvalue weighted by Gasteiger charge is -2.21. The second kappa shape index (κ2) is 13.3. The molecule has 4 rings (SSSR count). The van der Waals surface area contributed by atoms with Crippen molar-refractivity contribution in [2.75, 3.05) is 6.61 Å². The van der Waals surface area contributed by atoms with Crippen molar-refractivity contribution in [1.29, 1.82) is 0 Å². The number of rotatable bonds is 10. The summed E-state index contributed by atoms with van der Waals surface area (Å²) in [6.45, 7) is 2.84. The molecular weight excluding hydrogens is 557 g/mol. The van der Waals surface area contributed by atoms with Gasteiger partial charge in [-0.25, -0.2) is 18.1 Å². The predicted octanol–water partition coefficient (Wildman–Crippen LogP) is 6.64. The van der Waals surface area contributed by atoms with Gasteiger partial charge in [0.1, 0.15) is 11.6 Å². The first-order valence-corrected chi connectivity index (χ1v) is 15.1. The van der Waals surface area contributed by atoms with Crippen LogP contribution in [0.2, 0.25) is 10.2 Å². The lowest BCUT2D eigenvalue weighted by Crippen LogP contribution is -2.26. The van der Waals surface area contributed by atoms with Crippen LogP contribution in [0.25, 0.3) is 12.2 Å². The summed E-state index contributed by atoms with van der Waals surface area (Å²) in [4.78, 5) is 16.7. The number of ether oxygens (including phenoxy) is 1. The quantitative estimate of drug-likeness (QED) is 0.269. The Bertz CT molecular complexity index is 1460. The fourth-order valence-electron chi connectivity index (χ4n) is 4.48.